The number of amides is 2. The Morgan fingerprint density at radius 1 is 1.50 bits per heavy atom. The Kier molecular flexibility index (Phi) is 5.42. The van der Waals surface area contributed by atoms with Crippen molar-refractivity contribution in [1.29, 1.82) is 0 Å². The Morgan fingerprint density at radius 2 is 2.29 bits per heavy atom. The smallest absolute Gasteiger partial charge is 0.330 e. The molecule has 2 heterocycles. The molecule has 24 heavy (non-hydrogen) atoms. The molecule has 0 saturated carbocycles. The lowest BCUT2D eigenvalue weighted by atomic mass is 10.0. The van der Waals surface area contributed by atoms with Crippen LogP contribution >= 0.6 is 27.9 Å². The lowest BCUT2D eigenvalue weighted by molar-refractivity contribution is 0.150. The molecule has 0 saturated heterocycles. The molecule has 0 fully saturated rings. The molecule has 2 amide bonds. The van der Waals surface area contributed by atoms with Gasteiger partial charge in [0.1, 0.15) is 5.75 Å². The molecule has 0 atom stereocenters. The summed E-state index contributed by atoms with van der Waals surface area (Å²) in [4.78, 5) is 15.7. The summed E-state index contributed by atoms with van der Waals surface area (Å²) >= 11 is 4.98. The highest BCUT2D eigenvalue weighted by Gasteiger charge is 2.33. The Balaban J connectivity index is 1.83. The quantitative estimate of drug-likeness (QED) is 0.768. The third kappa shape index (κ3) is 3.43. The number of hydrogen-bond acceptors (Lipinski definition) is 4. The van der Waals surface area contributed by atoms with Crippen LogP contribution in [0.2, 0.25) is 0 Å². The summed E-state index contributed by atoms with van der Waals surface area (Å²) in [6, 6.07) is 6.03. The number of fused-ring (bicyclic) bond motifs is 2. The number of nitrogens with zero attached hydrogens (tertiary/aromatic N) is 2. The number of hydrogen-bond donors (Lipinski definition) is 1. The van der Waals surface area contributed by atoms with Crippen LogP contribution in [-0.4, -0.2) is 52.7 Å². The van der Waals surface area contributed by atoms with Crippen molar-refractivity contribution in [2.75, 3.05) is 26.3 Å². The molecule has 1 aromatic carbocycles. The molecule has 1 aromatic rings. The van der Waals surface area contributed by atoms with Crippen LogP contribution in [0.5, 0.6) is 5.75 Å². The molecule has 5 nitrogen and oxygen atoms in total. The van der Waals surface area contributed by atoms with E-state index in [4.69, 9.17) is 4.74 Å². The number of benzene rings is 1. The number of aliphatic hydroxyl groups excluding tert-OH is 1. The van der Waals surface area contributed by atoms with E-state index in [1.54, 1.807) is 9.21 Å². The maximum atomic E-state index is 12.8. The topological polar surface area (TPSA) is 53.0 Å². The van der Waals surface area contributed by atoms with E-state index in [1.807, 2.05) is 32.0 Å². The van der Waals surface area contributed by atoms with Gasteiger partial charge in [-0.1, -0.05) is 15.9 Å². The molecule has 0 unspecified atom stereocenters. The van der Waals surface area contributed by atoms with E-state index in [0.717, 1.165) is 22.2 Å². The zero-order valence-corrected chi connectivity index (χ0v) is 16.2. The van der Waals surface area contributed by atoms with Crippen molar-refractivity contribution in [1.82, 2.24) is 9.21 Å². The Bertz CT molecular complexity index is 678. The predicted molar refractivity (Wildman–Crippen MR) is 99.8 cm³/mol. The van der Waals surface area contributed by atoms with Gasteiger partial charge in [-0.25, -0.2) is 4.79 Å². The fraction of sp³-hybridized carbons (Fsp3) is 0.471. The van der Waals surface area contributed by atoms with Crippen LogP contribution in [0.4, 0.5) is 4.79 Å². The Hall–Kier alpha value is -1.18. The molecule has 2 aliphatic heterocycles. The molecule has 3 rings (SSSR count). The maximum Gasteiger partial charge on any atom is 0.330 e. The minimum Gasteiger partial charge on any atom is -0.493 e. The molecule has 7 heteroatoms. The van der Waals surface area contributed by atoms with Gasteiger partial charge < -0.3 is 14.7 Å². The van der Waals surface area contributed by atoms with Gasteiger partial charge in [0.25, 0.3) is 0 Å². The third-order valence-electron chi connectivity index (χ3n) is 4.14. The number of aliphatic hydroxyl groups is 1. The largest absolute Gasteiger partial charge is 0.493 e. The van der Waals surface area contributed by atoms with Crippen molar-refractivity contribution in [3.8, 4) is 5.75 Å². The maximum absolute atomic E-state index is 12.8. The summed E-state index contributed by atoms with van der Waals surface area (Å²) in [6.45, 7) is 5.43. The summed E-state index contributed by atoms with van der Waals surface area (Å²) in [6.07, 6.45) is 0.803. The predicted octanol–water partition coefficient (Wildman–Crippen LogP) is 3.73. The van der Waals surface area contributed by atoms with E-state index in [9.17, 15) is 9.90 Å². The highest BCUT2D eigenvalue weighted by molar-refractivity contribution is 9.10. The molecular weight excluding hydrogens is 392 g/mol. The monoisotopic (exact) mass is 412 g/mol. The molecule has 1 N–H and O–H groups in total. The van der Waals surface area contributed by atoms with Gasteiger partial charge in [0, 0.05) is 33.9 Å². The number of carbonyl (C=O) groups excluding carboxylic acids is 1. The fourth-order valence-corrected chi connectivity index (χ4v) is 4.38. The molecule has 0 bridgehead atoms. The van der Waals surface area contributed by atoms with E-state index >= 15 is 0 Å². The summed E-state index contributed by atoms with van der Waals surface area (Å²) in [5.41, 5.74) is 2.23. The van der Waals surface area contributed by atoms with Crippen LogP contribution in [-0.2, 0) is 0 Å². The van der Waals surface area contributed by atoms with Crippen LogP contribution < -0.4 is 4.74 Å². The zero-order chi connectivity index (χ0) is 17.3. The van der Waals surface area contributed by atoms with E-state index < -0.39 is 0 Å². The van der Waals surface area contributed by atoms with Crippen LogP contribution in [0.15, 0.2) is 27.6 Å². The average Bonchev–Trinajstić information content (AvgIpc) is 2.89. The first-order chi connectivity index (χ1) is 11.5. The second-order valence-electron chi connectivity index (χ2n) is 6.06. The SMILES string of the molecule is CC(C)N(CCO)C(=O)N1CC2=C(CCOc3cc(Br)ccc32)S1. The fourth-order valence-electron chi connectivity index (χ4n) is 2.94. The van der Waals surface area contributed by atoms with Crippen molar-refractivity contribution in [3.05, 3.63) is 33.1 Å². The molecule has 0 aliphatic carbocycles. The van der Waals surface area contributed by atoms with Gasteiger partial charge in [-0.15, -0.1) is 0 Å². The minimum atomic E-state index is -0.0447. The third-order valence-corrected chi connectivity index (χ3v) is 5.81. The van der Waals surface area contributed by atoms with Gasteiger partial charge in [-0.05, 0) is 49.6 Å². The summed E-state index contributed by atoms with van der Waals surface area (Å²) < 4.78 is 8.63. The van der Waals surface area contributed by atoms with Crippen LogP contribution in [0.25, 0.3) is 5.57 Å². The lowest BCUT2D eigenvalue weighted by Gasteiger charge is -2.30. The average molecular weight is 413 g/mol. The standard InChI is InChI=1S/C17H21BrN2O3S/c1-11(2)19(6-7-21)17(22)20-10-14-13-4-3-12(18)9-15(13)23-8-5-16(14)24-20/h3-4,9,11,21H,5-8,10H2,1-2H3. The number of ether oxygens (including phenoxy) is 1. The molecule has 0 aromatic heterocycles. The van der Waals surface area contributed by atoms with Crippen molar-refractivity contribution < 1.29 is 14.6 Å². The van der Waals surface area contributed by atoms with Crippen molar-refractivity contribution >= 4 is 39.5 Å². The lowest BCUT2D eigenvalue weighted by Crippen LogP contribution is -2.44. The summed E-state index contributed by atoms with van der Waals surface area (Å²) in [5.74, 6) is 0.861. The number of urea groups is 1. The first-order valence-electron chi connectivity index (χ1n) is 8.03. The van der Waals surface area contributed by atoms with Gasteiger partial charge in [0.15, 0.2) is 0 Å². The van der Waals surface area contributed by atoms with Gasteiger partial charge in [0.05, 0.1) is 19.8 Å². The highest BCUT2D eigenvalue weighted by atomic mass is 79.9. The van der Waals surface area contributed by atoms with Crippen LogP contribution in [0.3, 0.4) is 0 Å². The van der Waals surface area contributed by atoms with E-state index in [-0.39, 0.29) is 18.7 Å². The highest BCUT2D eigenvalue weighted by Crippen LogP contribution is 2.45. The number of carbonyl (C=O) groups is 1. The van der Waals surface area contributed by atoms with Crippen LogP contribution in [0, 0.1) is 0 Å². The number of rotatable bonds is 3. The molecular formula is C17H21BrN2O3S. The summed E-state index contributed by atoms with van der Waals surface area (Å²) in [5, 5.41) is 9.23. The van der Waals surface area contributed by atoms with Gasteiger partial charge in [-0.3, -0.25) is 4.31 Å². The zero-order valence-electron chi connectivity index (χ0n) is 13.8. The van der Waals surface area contributed by atoms with Gasteiger partial charge in [-0.2, -0.15) is 0 Å². The normalized spacial score (nSPS) is 16.6. The first-order valence-corrected chi connectivity index (χ1v) is 9.59. The second-order valence-corrected chi connectivity index (χ2v) is 8.09. The number of halogens is 1. The second kappa shape index (κ2) is 7.37. The van der Waals surface area contributed by atoms with Crippen LogP contribution in [0.1, 0.15) is 25.8 Å². The van der Waals surface area contributed by atoms with Gasteiger partial charge >= 0.3 is 6.03 Å². The van der Waals surface area contributed by atoms with Gasteiger partial charge in [0.2, 0.25) is 0 Å². The molecule has 0 radical (unpaired) electrons. The first kappa shape index (κ1) is 17.6. The van der Waals surface area contributed by atoms with E-state index in [2.05, 4.69) is 15.9 Å². The van der Waals surface area contributed by atoms with Crippen molar-refractivity contribution in [2.24, 2.45) is 0 Å². The van der Waals surface area contributed by atoms with E-state index in [0.29, 0.717) is 19.7 Å². The Labute approximate surface area is 154 Å². The van der Waals surface area contributed by atoms with Crippen molar-refractivity contribution in [2.45, 2.75) is 26.3 Å². The Morgan fingerprint density at radius 3 is 3.00 bits per heavy atom. The molecule has 0 spiro atoms. The van der Waals surface area contributed by atoms with Crippen molar-refractivity contribution in [3.63, 3.8) is 0 Å². The molecule has 2 aliphatic rings. The van der Waals surface area contributed by atoms with E-state index in [1.165, 1.54) is 22.4 Å². The minimum absolute atomic E-state index is 0.0275. The summed E-state index contributed by atoms with van der Waals surface area (Å²) in [7, 11) is 0. The molecule has 130 valence electrons.